The summed E-state index contributed by atoms with van der Waals surface area (Å²) in [6, 6.07) is 3.33. The number of aliphatic hydroxyl groups is 1. The van der Waals surface area contributed by atoms with E-state index in [9.17, 15) is 15.2 Å². The van der Waals surface area contributed by atoms with Crippen LogP contribution in [0.1, 0.15) is 12.5 Å². The first-order valence-electron chi connectivity index (χ1n) is 7.15. The van der Waals surface area contributed by atoms with Crippen molar-refractivity contribution in [2.75, 3.05) is 36.5 Å². The fraction of sp³-hybridized carbons (Fsp3) is 0.571. The smallest absolute Gasteiger partial charge is 0.292 e. The second-order valence-corrected chi connectivity index (χ2v) is 5.55. The van der Waals surface area contributed by atoms with Crippen LogP contribution in [0.15, 0.2) is 12.1 Å². The maximum atomic E-state index is 11.4. The summed E-state index contributed by atoms with van der Waals surface area (Å²) in [5.74, 6) is 0. The number of nitrogens with zero attached hydrogens (tertiary/aromatic N) is 2. The van der Waals surface area contributed by atoms with E-state index < -0.39 is 0 Å². The average molecular weight is 293 g/mol. The number of hydrogen-bond acceptors (Lipinski definition) is 6. The van der Waals surface area contributed by atoms with Gasteiger partial charge in [0.1, 0.15) is 5.69 Å². The molecule has 0 radical (unpaired) electrons. The second kappa shape index (κ2) is 5.50. The molecule has 7 nitrogen and oxygen atoms in total. The lowest BCUT2D eigenvalue weighted by Crippen LogP contribution is -2.48. The topological polar surface area (TPSA) is 87.9 Å². The normalized spacial score (nSPS) is 24.6. The van der Waals surface area contributed by atoms with E-state index in [0.717, 1.165) is 24.2 Å². The molecule has 0 bridgehead atoms. The number of anilines is 2. The number of nitro groups is 1. The molecule has 2 unspecified atom stereocenters. The Kier molecular flexibility index (Phi) is 3.69. The minimum atomic E-state index is -0.331. The van der Waals surface area contributed by atoms with Crippen molar-refractivity contribution < 1.29 is 14.8 Å². The highest BCUT2D eigenvalue weighted by Gasteiger charge is 2.33. The minimum absolute atomic E-state index is 0.0688. The molecule has 2 atom stereocenters. The first kappa shape index (κ1) is 14.1. The quantitative estimate of drug-likeness (QED) is 0.642. The van der Waals surface area contributed by atoms with Gasteiger partial charge in [0.2, 0.25) is 0 Å². The zero-order valence-corrected chi connectivity index (χ0v) is 11.9. The Morgan fingerprint density at radius 2 is 2.33 bits per heavy atom. The molecule has 1 saturated heterocycles. The Labute approximate surface area is 122 Å². The van der Waals surface area contributed by atoms with E-state index >= 15 is 0 Å². The van der Waals surface area contributed by atoms with Crippen molar-refractivity contribution in [2.24, 2.45) is 0 Å². The van der Waals surface area contributed by atoms with Gasteiger partial charge in [0.25, 0.3) is 5.69 Å². The Morgan fingerprint density at radius 3 is 3.05 bits per heavy atom. The summed E-state index contributed by atoms with van der Waals surface area (Å²) in [6.07, 6.45) is 0.404. The summed E-state index contributed by atoms with van der Waals surface area (Å²) in [5, 5.41) is 24.0. The van der Waals surface area contributed by atoms with Gasteiger partial charge in [-0.05, 0) is 19.4 Å². The molecule has 0 saturated carbocycles. The Bertz CT molecular complexity index is 563. The molecule has 1 fully saturated rings. The fourth-order valence-corrected chi connectivity index (χ4v) is 3.19. The van der Waals surface area contributed by atoms with Gasteiger partial charge in [-0.2, -0.15) is 0 Å². The molecule has 2 aliphatic rings. The average Bonchev–Trinajstić information content (AvgIpc) is 2.93. The third-order valence-corrected chi connectivity index (χ3v) is 3.99. The lowest BCUT2D eigenvalue weighted by atomic mass is 10.1. The highest BCUT2D eigenvalue weighted by Crippen LogP contribution is 2.40. The number of nitro benzene ring substituents is 1. The molecule has 1 aromatic rings. The van der Waals surface area contributed by atoms with Gasteiger partial charge < -0.3 is 20.1 Å². The number of benzene rings is 1. The summed E-state index contributed by atoms with van der Waals surface area (Å²) in [4.78, 5) is 13.0. The van der Waals surface area contributed by atoms with Crippen molar-refractivity contribution in [2.45, 2.75) is 25.6 Å². The van der Waals surface area contributed by atoms with Crippen LogP contribution in [0.25, 0.3) is 0 Å². The van der Waals surface area contributed by atoms with Crippen molar-refractivity contribution in [3.05, 3.63) is 27.8 Å². The van der Waals surface area contributed by atoms with Crippen LogP contribution in [0.5, 0.6) is 0 Å². The zero-order chi connectivity index (χ0) is 15.0. The van der Waals surface area contributed by atoms with Crippen LogP contribution in [0, 0.1) is 10.1 Å². The number of ether oxygens (including phenoxy) is 1. The first-order valence-corrected chi connectivity index (χ1v) is 7.15. The van der Waals surface area contributed by atoms with Gasteiger partial charge in [-0.1, -0.05) is 0 Å². The first-order chi connectivity index (χ1) is 10.1. The van der Waals surface area contributed by atoms with Crippen LogP contribution in [-0.2, 0) is 11.2 Å². The van der Waals surface area contributed by atoms with Crippen LogP contribution in [0.4, 0.5) is 17.1 Å². The van der Waals surface area contributed by atoms with E-state index in [1.807, 2.05) is 11.8 Å². The summed E-state index contributed by atoms with van der Waals surface area (Å²) < 4.78 is 5.63. The van der Waals surface area contributed by atoms with E-state index in [1.165, 1.54) is 0 Å². The number of rotatable bonds is 3. The lowest BCUT2D eigenvalue weighted by molar-refractivity contribution is -0.384. The molecule has 2 N–H and O–H groups in total. The van der Waals surface area contributed by atoms with Gasteiger partial charge in [0.05, 0.1) is 23.7 Å². The molecule has 1 aromatic carbocycles. The molecule has 3 rings (SSSR count). The lowest BCUT2D eigenvalue weighted by Gasteiger charge is -2.38. The van der Waals surface area contributed by atoms with Crippen molar-refractivity contribution in [1.82, 2.24) is 0 Å². The SMILES string of the molecule is CC1CN(c2c([N+](=O)[O-])ccc3c2CCN3)CC(CO)O1. The molecular formula is C14H19N3O4. The van der Waals surface area contributed by atoms with E-state index in [2.05, 4.69) is 5.32 Å². The number of morpholine rings is 1. The van der Waals surface area contributed by atoms with Gasteiger partial charge in [-0.25, -0.2) is 0 Å². The molecule has 0 aliphatic carbocycles. The number of hydrogen-bond donors (Lipinski definition) is 2. The molecule has 0 spiro atoms. The van der Waals surface area contributed by atoms with E-state index in [0.29, 0.717) is 18.8 Å². The van der Waals surface area contributed by atoms with E-state index in [1.54, 1.807) is 12.1 Å². The third kappa shape index (κ3) is 2.54. The largest absolute Gasteiger partial charge is 0.394 e. The molecule has 0 amide bonds. The van der Waals surface area contributed by atoms with Crippen LogP contribution in [-0.4, -0.2) is 48.5 Å². The van der Waals surface area contributed by atoms with Crippen LogP contribution >= 0.6 is 0 Å². The number of fused-ring (bicyclic) bond motifs is 1. The minimum Gasteiger partial charge on any atom is -0.394 e. The summed E-state index contributed by atoms with van der Waals surface area (Å²) in [7, 11) is 0. The van der Waals surface area contributed by atoms with Gasteiger partial charge in [0, 0.05) is 37.0 Å². The Morgan fingerprint density at radius 1 is 1.52 bits per heavy atom. The summed E-state index contributed by atoms with van der Waals surface area (Å²) in [5.41, 5.74) is 2.77. The molecule has 0 aromatic heterocycles. The zero-order valence-electron chi connectivity index (χ0n) is 11.9. The predicted molar refractivity (Wildman–Crippen MR) is 78.9 cm³/mol. The summed E-state index contributed by atoms with van der Waals surface area (Å²) >= 11 is 0. The second-order valence-electron chi connectivity index (χ2n) is 5.55. The monoisotopic (exact) mass is 293 g/mol. The summed E-state index contributed by atoms with van der Waals surface area (Å²) in [6.45, 7) is 3.70. The third-order valence-electron chi connectivity index (χ3n) is 3.99. The maximum absolute atomic E-state index is 11.4. The van der Waals surface area contributed by atoms with Gasteiger partial charge in [-0.15, -0.1) is 0 Å². The molecule has 114 valence electrons. The molecule has 7 heteroatoms. The molecule has 2 heterocycles. The molecule has 21 heavy (non-hydrogen) atoms. The van der Waals surface area contributed by atoms with E-state index in [-0.39, 0.29) is 29.4 Å². The van der Waals surface area contributed by atoms with Crippen LogP contribution in [0.2, 0.25) is 0 Å². The Balaban J connectivity index is 2.03. The van der Waals surface area contributed by atoms with Gasteiger partial charge in [-0.3, -0.25) is 10.1 Å². The maximum Gasteiger partial charge on any atom is 0.292 e. The van der Waals surface area contributed by atoms with Gasteiger partial charge >= 0.3 is 0 Å². The predicted octanol–water partition coefficient (Wildman–Crippen LogP) is 1.15. The standard InChI is InChI=1S/C14H19N3O4/c1-9-6-16(7-10(8-18)21-9)14-11-4-5-15-12(11)2-3-13(14)17(19)20/h2-3,9-10,15,18H,4-8H2,1H3. The number of nitrogens with one attached hydrogen (secondary N) is 1. The van der Waals surface area contributed by atoms with Crippen molar-refractivity contribution >= 4 is 17.1 Å². The fourth-order valence-electron chi connectivity index (χ4n) is 3.19. The number of aliphatic hydroxyl groups excluding tert-OH is 1. The van der Waals surface area contributed by atoms with Crippen molar-refractivity contribution in [1.29, 1.82) is 0 Å². The van der Waals surface area contributed by atoms with Crippen molar-refractivity contribution in [3.63, 3.8) is 0 Å². The Hall–Kier alpha value is -1.86. The molecule has 2 aliphatic heterocycles. The van der Waals surface area contributed by atoms with E-state index in [4.69, 9.17) is 4.74 Å². The van der Waals surface area contributed by atoms with Crippen LogP contribution < -0.4 is 10.2 Å². The van der Waals surface area contributed by atoms with Crippen LogP contribution in [0.3, 0.4) is 0 Å². The van der Waals surface area contributed by atoms with Crippen molar-refractivity contribution in [3.8, 4) is 0 Å². The van der Waals surface area contributed by atoms with Gasteiger partial charge in [0.15, 0.2) is 0 Å². The highest BCUT2D eigenvalue weighted by molar-refractivity contribution is 5.78. The highest BCUT2D eigenvalue weighted by atomic mass is 16.6. The molecular weight excluding hydrogens is 274 g/mol.